The van der Waals surface area contributed by atoms with E-state index >= 15 is 0 Å². The van der Waals surface area contributed by atoms with Crippen molar-refractivity contribution < 1.29 is 4.79 Å². The van der Waals surface area contributed by atoms with Gasteiger partial charge in [-0.3, -0.25) is 4.79 Å². The molecule has 1 aliphatic rings. The molecule has 0 spiro atoms. The Labute approximate surface area is 106 Å². The zero-order valence-corrected chi connectivity index (χ0v) is 11.5. The average Bonchev–Trinajstić information content (AvgIpc) is 2.38. The van der Waals surface area contributed by atoms with Crippen LogP contribution in [0.5, 0.6) is 0 Å². The van der Waals surface area contributed by atoms with Crippen LogP contribution >= 0.6 is 0 Å². The molecular formula is C14H28N2O. The minimum absolute atomic E-state index is 0.195. The van der Waals surface area contributed by atoms with E-state index in [1.807, 2.05) is 11.9 Å². The van der Waals surface area contributed by atoms with E-state index in [1.54, 1.807) is 0 Å². The van der Waals surface area contributed by atoms with Crippen molar-refractivity contribution in [2.45, 2.75) is 51.9 Å². The zero-order valence-electron chi connectivity index (χ0n) is 11.5. The van der Waals surface area contributed by atoms with Crippen molar-refractivity contribution in [1.82, 2.24) is 4.90 Å². The molecule has 1 amide bonds. The van der Waals surface area contributed by atoms with E-state index in [0.29, 0.717) is 18.4 Å². The molecule has 3 nitrogen and oxygen atoms in total. The fourth-order valence-corrected chi connectivity index (χ4v) is 2.81. The fraction of sp³-hybridized carbons (Fsp3) is 0.929. The van der Waals surface area contributed by atoms with Crippen molar-refractivity contribution in [2.24, 2.45) is 17.6 Å². The van der Waals surface area contributed by atoms with Gasteiger partial charge in [0.25, 0.3) is 0 Å². The Bertz CT molecular complexity index is 230. The number of nitrogens with zero attached hydrogens (tertiary/aromatic N) is 1. The average molecular weight is 240 g/mol. The SMILES string of the molecule is CCCCCN(C)C(=O)C1CCCCC1CN. The van der Waals surface area contributed by atoms with E-state index in [4.69, 9.17) is 5.73 Å². The highest BCUT2D eigenvalue weighted by Gasteiger charge is 2.31. The van der Waals surface area contributed by atoms with Gasteiger partial charge < -0.3 is 10.6 Å². The highest BCUT2D eigenvalue weighted by atomic mass is 16.2. The second kappa shape index (κ2) is 7.70. The van der Waals surface area contributed by atoms with Gasteiger partial charge in [0.15, 0.2) is 0 Å². The van der Waals surface area contributed by atoms with Gasteiger partial charge in [0, 0.05) is 19.5 Å². The summed E-state index contributed by atoms with van der Waals surface area (Å²) in [6, 6.07) is 0. The summed E-state index contributed by atoms with van der Waals surface area (Å²) >= 11 is 0. The van der Waals surface area contributed by atoms with E-state index in [-0.39, 0.29) is 5.92 Å². The molecule has 1 rings (SSSR count). The van der Waals surface area contributed by atoms with Crippen molar-refractivity contribution in [2.75, 3.05) is 20.1 Å². The van der Waals surface area contributed by atoms with Gasteiger partial charge in [-0.15, -0.1) is 0 Å². The third-order valence-corrected chi connectivity index (χ3v) is 4.00. The Morgan fingerprint density at radius 2 is 2.00 bits per heavy atom. The minimum atomic E-state index is 0.195. The Morgan fingerprint density at radius 3 is 2.65 bits per heavy atom. The lowest BCUT2D eigenvalue weighted by Crippen LogP contribution is -2.40. The lowest BCUT2D eigenvalue weighted by Gasteiger charge is -2.32. The molecule has 1 saturated carbocycles. The predicted octanol–water partition coefficient (Wildman–Crippen LogP) is 2.40. The highest BCUT2D eigenvalue weighted by Crippen LogP contribution is 2.30. The maximum atomic E-state index is 12.3. The second-order valence-corrected chi connectivity index (χ2v) is 5.35. The summed E-state index contributed by atoms with van der Waals surface area (Å²) in [7, 11) is 1.94. The summed E-state index contributed by atoms with van der Waals surface area (Å²) in [6.45, 7) is 3.76. The molecular weight excluding hydrogens is 212 g/mol. The quantitative estimate of drug-likeness (QED) is 0.725. The zero-order chi connectivity index (χ0) is 12.7. The highest BCUT2D eigenvalue weighted by molar-refractivity contribution is 5.79. The van der Waals surface area contributed by atoms with Gasteiger partial charge in [0.1, 0.15) is 0 Å². The number of unbranched alkanes of at least 4 members (excludes halogenated alkanes) is 2. The summed E-state index contributed by atoms with van der Waals surface area (Å²) in [6.07, 6.45) is 8.15. The molecule has 0 bridgehead atoms. The lowest BCUT2D eigenvalue weighted by molar-refractivity contribution is -0.137. The molecule has 2 atom stereocenters. The first kappa shape index (κ1) is 14.5. The Hall–Kier alpha value is -0.570. The Kier molecular flexibility index (Phi) is 6.56. The molecule has 0 radical (unpaired) electrons. The molecule has 1 fully saturated rings. The molecule has 0 aromatic carbocycles. The van der Waals surface area contributed by atoms with Crippen LogP contribution < -0.4 is 5.73 Å². The minimum Gasteiger partial charge on any atom is -0.346 e. The first-order valence-corrected chi connectivity index (χ1v) is 7.15. The van der Waals surface area contributed by atoms with E-state index in [9.17, 15) is 4.79 Å². The van der Waals surface area contributed by atoms with Gasteiger partial charge in [-0.05, 0) is 31.7 Å². The molecule has 100 valence electrons. The summed E-state index contributed by atoms with van der Waals surface area (Å²) in [5.74, 6) is 0.946. The van der Waals surface area contributed by atoms with E-state index in [2.05, 4.69) is 6.92 Å². The smallest absolute Gasteiger partial charge is 0.225 e. The molecule has 1 aliphatic carbocycles. The van der Waals surface area contributed by atoms with Crippen LogP contribution in [0.2, 0.25) is 0 Å². The van der Waals surface area contributed by atoms with Crippen molar-refractivity contribution >= 4 is 5.91 Å². The fourth-order valence-electron chi connectivity index (χ4n) is 2.81. The van der Waals surface area contributed by atoms with Crippen LogP contribution in [0.25, 0.3) is 0 Å². The first-order valence-electron chi connectivity index (χ1n) is 7.15. The van der Waals surface area contributed by atoms with Gasteiger partial charge in [0.05, 0.1) is 0 Å². The van der Waals surface area contributed by atoms with Crippen molar-refractivity contribution in [3.05, 3.63) is 0 Å². The maximum Gasteiger partial charge on any atom is 0.225 e. The standard InChI is InChI=1S/C14H28N2O/c1-3-4-7-10-16(2)14(17)13-9-6-5-8-12(13)11-15/h12-13H,3-11,15H2,1-2H3. The summed E-state index contributed by atoms with van der Waals surface area (Å²) in [4.78, 5) is 14.3. The van der Waals surface area contributed by atoms with Crippen molar-refractivity contribution in [3.63, 3.8) is 0 Å². The largest absolute Gasteiger partial charge is 0.346 e. The van der Waals surface area contributed by atoms with Crippen LogP contribution in [0.1, 0.15) is 51.9 Å². The Balaban J connectivity index is 2.43. The molecule has 0 heterocycles. The number of rotatable bonds is 6. The van der Waals surface area contributed by atoms with Crippen LogP contribution in [0.15, 0.2) is 0 Å². The van der Waals surface area contributed by atoms with Gasteiger partial charge in [-0.2, -0.15) is 0 Å². The summed E-state index contributed by atoms with van der Waals surface area (Å²) in [5.41, 5.74) is 5.78. The van der Waals surface area contributed by atoms with Crippen LogP contribution in [0.3, 0.4) is 0 Å². The molecule has 0 aromatic heterocycles. The normalized spacial score (nSPS) is 24.6. The van der Waals surface area contributed by atoms with Gasteiger partial charge in [-0.1, -0.05) is 32.6 Å². The summed E-state index contributed by atoms with van der Waals surface area (Å²) in [5, 5.41) is 0. The number of carbonyl (C=O) groups excluding carboxylic acids is 1. The number of nitrogens with two attached hydrogens (primary N) is 1. The number of carbonyl (C=O) groups is 1. The van der Waals surface area contributed by atoms with Gasteiger partial charge in [0.2, 0.25) is 5.91 Å². The predicted molar refractivity (Wildman–Crippen MR) is 71.7 cm³/mol. The van der Waals surface area contributed by atoms with Crippen molar-refractivity contribution in [3.8, 4) is 0 Å². The second-order valence-electron chi connectivity index (χ2n) is 5.35. The van der Waals surface area contributed by atoms with Crippen LogP contribution in [-0.4, -0.2) is 30.9 Å². The third-order valence-electron chi connectivity index (χ3n) is 4.00. The maximum absolute atomic E-state index is 12.3. The third kappa shape index (κ3) is 4.30. The van der Waals surface area contributed by atoms with E-state index < -0.39 is 0 Å². The lowest BCUT2D eigenvalue weighted by atomic mass is 9.78. The van der Waals surface area contributed by atoms with E-state index in [1.165, 1.54) is 25.7 Å². The topological polar surface area (TPSA) is 46.3 Å². The molecule has 0 aromatic rings. The van der Waals surface area contributed by atoms with Gasteiger partial charge in [-0.25, -0.2) is 0 Å². The van der Waals surface area contributed by atoms with Crippen LogP contribution in [0.4, 0.5) is 0 Å². The number of amides is 1. The number of hydrogen-bond donors (Lipinski definition) is 1. The van der Waals surface area contributed by atoms with Crippen LogP contribution in [-0.2, 0) is 4.79 Å². The molecule has 2 N–H and O–H groups in total. The molecule has 2 unspecified atom stereocenters. The summed E-state index contributed by atoms with van der Waals surface area (Å²) < 4.78 is 0. The molecule has 0 saturated heterocycles. The van der Waals surface area contributed by atoms with Crippen LogP contribution in [0, 0.1) is 11.8 Å². The molecule has 3 heteroatoms. The number of hydrogen-bond acceptors (Lipinski definition) is 2. The molecule has 0 aliphatic heterocycles. The monoisotopic (exact) mass is 240 g/mol. The van der Waals surface area contributed by atoms with Gasteiger partial charge >= 0.3 is 0 Å². The molecule has 17 heavy (non-hydrogen) atoms. The Morgan fingerprint density at radius 1 is 1.29 bits per heavy atom. The van der Waals surface area contributed by atoms with Crippen molar-refractivity contribution in [1.29, 1.82) is 0 Å². The first-order chi connectivity index (χ1) is 8.20. The van der Waals surface area contributed by atoms with E-state index in [0.717, 1.165) is 25.8 Å².